The summed E-state index contributed by atoms with van der Waals surface area (Å²) >= 11 is 0. The van der Waals surface area contributed by atoms with Crippen molar-refractivity contribution in [3.63, 3.8) is 0 Å². The van der Waals surface area contributed by atoms with Crippen LogP contribution in [0.4, 0.5) is 5.82 Å². The first-order valence-electron chi connectivity index (χ1n) is 10.4. The summed E-state index contributed by atoms with van der Waals surface area (Å²) in [6.45, 7) is 3.73. The fourth-order valence-corrected chi connectivity index (χ4v) is 3.87. The number of amides is 2. The van der Waals surface area contributed by atoms with Gasteiger partial charge in [-0.2, -0.15) is 0 Å². The minimum atomic E-state index is -1.42. The molecule has 166 valence electrons. The molecule has 1 aromatic heterocycles. The van der Waals surface area contributed by atoms with Crippen LogP contribution in [0.15, 0.2) is 42.5 Å². The summed E-state index contributed by atoms with van der Waals surface area (Å²) in [4.78, 5) is 36.4. The summed E-state index contributed by atoms with van der Waals surface area (Å²) in [5, 5.41) is 21.1. The molecule has 4 rings (SSSR count). The number of phenols is 1. The number of nitrogens with zero attached hydrogens (tertiary/aromatic N) is 4. The molecule has 2 heterocycles. The maximum atomic E-state index is 12.4. The van der Waals surface area contributed by atoms with E-state index in [9.17, 15) is 19.8 Å². The fraction of sp³-hybridized carbons (Fsp3) is 0.304. The number of aliphatic hydroxyl groups is 1. The average molecular weight is 435 g/mol. The lowest BCUT2D eigenvalue weighted by molar-refractivity contribution is -0.143. The Morgan fingerprint density at radius 3 is 2.50 bits per heavy atom. The van der Waals surface area contributed by atoms with E-state index in [2.05, 4.69) is 9.88 Å². The van der Waals surface area contributed by atoms with Gasteiger partial charge >= 0.3 is 0 Å². The number of hydrogen-bond donors (Lipinski definition) is 3. The number of rotatable bonds is 5. The Morgan fingerprint density at radius 1 is 1.09 bits per heavy atom. The summed E-state index contributed by atoms with van der Waals surface area (Å²) in [6, 6.07) is 12.9. The lowest BCUT2D eigenvalue weighted by Gasteiger charge is -2.36. The van der Waals surface area contributed by atoms with E-state index < -0.39 is 24.3 Å². The summed E-state index contributed by atoms with van der Waals surface area (Å²) in [7, 11) is 0. The topological polar surface area (TPSA) is 133 Å². The van der Waals surface area contributed by atoms with Crippen LogP contribution in [0.1, 0.15) is 12.0 Å². The van der Waals surface area contributed by atoms with Crippen molar-refractivity contribution in [2.24, 2.45) is 5.73 Å². The highest BCUT2D eigenvalue weighted by Gasteiger charge is 2.28. The normalized spacial score (nSPS) is 15.1. The molecule has 0 spiro atoms. The van der Waals surface area contributed by atoms with Gasteiger partial charge in [0.15, 0.2) is 5.82 Å². The molecule has 9 heteroatoms. The first-order chi connectivity index (χ1) is 15.3. The fourth-order valence-electron chi connectivity index (χ4n) is 3.87. The Hall–Kier alpha value is -3.72. The molecule has 0 saturated carbocycles. The molecule has 32 heavy (non-hydrogen) atoms. The summed E-state index contributed by atoms with van der Waals surface area (Å²) < 4.78 is 0. The van der Waals surface area contributed by atoms with Crippen molar-refractivity contribution < 1.29 is 19.8 Å². The lowest BCUT2D eigenvalue weighted by Crippen LogP contribution is -2.52. The van der Waals surface area contributed by atoms with Gasteiger partial charge in [-0.15, -0.1) is 0 Å². The van der Waals surface area contributed by atoms with E-state index in [-0.39, 0.29) is 5.75 Å². The van der Waals surface area contributed by atoms with Gasteiger partial charge < -0.3 is 25.7 Å². The summed E-state index contributed by atoms with van der Waals surface area (Å²) in [6.07, 6.45) is -1.81. The van der Waals surface area contributed by atoms with Crippen LogP contribution in [-0.4, -0.2) is 69.2 Å². The number of carbonyl (C=O) groups excluding carboxylic acids is 2. The van der Waals surface area contributed by atoms with E-state index in [0.717, 1.165) is 22.3 Å². The molecule has 0 aliphatic carbocycles. The van der Waals surface area contributed by atoms with Gasteiger partial charge in [-0.3, -0.25) is 9.59 Å². The second-order valence-corrected chi connectivity index (χ2v) is 7.91. The number of anilines is 1. The quantitative estimate of drug-likeness (QED) is 0.548. The Kier molecular flexibility index (Phi) is 5.91. The van der Waals surface area contributed by atoms with Crippen molar-refractivity contribution in [2.75, 3.05) is 31.1 Å². The third-order valence-corrected chi connectivity index (χ3v) is 5.55. The standard InChI is InChI=1S/C23H25N5O4/c1-14-6-7-15-17(12-14)25-21(16-4-2-3-5-18(16)29)26-22(15)27-8-10-28(11-9-27)23(32)19(30)13-20(24)31/h2-7,12,19,29-30H,8-11,13H2,1H3,(H2,24,31). The van der Waals surface area contributed by atoms with Crippen LogP contribution in [0, 0.1) is 6.92 Å². The highest BCUT2D eigenvalue weighted by Crippen LogP contribution is 2.32. The molecular weight excluding hydrogens is 410 g/mol. The third-order valence-electron chi connectivity index (χ3n) is 5.55. The van der Waals surface area contributed by atoms with Crippen molar-refractivity contribution in [1.82, 2.24) is 14.9 Å². The number of para-hydroxylation sites is 1. The van der Waals surface area contributed by atoms with Crippen molar-refractivity contribution >= 4 is 28.5 Å². The first-order valence-corrected chi connectivity index (χ1v) is 10.4. The van der Waals surface area contributed by atoms with E-state index >= 15 is 0 Å². The molecule has 4 N–H and O–H groups in total. The van der Waals surface area contributed by atoms with Crippen LogP contribution in [0.2, 0.25) is 0 Å². The smallest absolute Gasteiger partial charge is 0.252 e. The number of hydrogen-bond acceptors (Lipinski definition) is 7. The van der Waals surface area contributed by atoms with Gasteiger partial charge in [0.2, 0.25) is 5.91 Å². The number of fused-ring (bicyclic) bond motifs is 1. The van der Waals surface area contributed by atoms with Gasteiger partial charge in [0, 0.05) is 31.6 Å². The number of aromatic hydroxyl groups is 1. The largest absolute Gasteiger partial charge is 0.507 e. The number of primary amides is 1. The van der Waals surface area contributed by atoms with Crippen molar-refractivity contribution in [3.8, 4) is 17.1 Å². The second kappa shape index (κ2) is 8.80. The zero-order chi connectivity index (χ0) is 22.8. The number of aromatic nitrogens is 2. The van der Waals surface area contributed by atoms with Gasteiger partial charge in [-0.05, 0) is 36.8 Å². The molecule has 2 amide bonds. The number of carbonyl (C=O) groups is 2. The van der Waals surface area contributed by atoms with E-state index in [1.165, 1.54) is 4.90 Å². The Bertz CT molecular complexity index is 1170. The monoisotopic (exact) mass is 435 g/mol. The zero-order valence-corrected chi connectivity index (χ0v) is 17.7. The third kappa shape index (κ3) is 4.33. The van der Waals surface area contributed by atoms with Crippen LogP contribution in [0.5, 0.6) is 5.75 Å². The zero-order valence-electron chi connectivity index (χ0n) is 17.7. The first kappa shape index (κ1) is 21.5. The van der Waals surface area contributed by atoms with Crippen molar-refractivity contribution in [2.45, 2.75) is 19.4 Å². The number of nitrogens with two attached hydrogens (primary N) is 1. The van der Waals surface area contributed by atoms with Crippen molar-refractivity contribution in [1.29, 1.82) is 0 Å². The molecule has 3 aromatic rings. The van der Waals surface area contributed by atoms with Gasteiger partial charge in [-0.25, -0.2) is 9.97 Å². The van der Waals surface area contributed by atoms with E-state index in [1.54, 1.807) is 18.2 Å². The minimum Gasteiger partial charge on any atom is -0.507 e. The number of piperazine rings is 1. The molecule has 1 saturated heterocycles. The Labute approximate surface area is 185 Å². The average Bonchev–Trinajstić information content (AvgIpc) is 2.77. The number of phenolic OH excluding ortho intramolecular Hbond substituents is 1. The second-order valence-electron chi connectivity index (χ2n) is 7.91. The van der Waals surface area contributed by atoms with Crippen LogP contribution >= 0.6 is 0 Å². The highest BCUT2D eigenvalue weighted by molar-refractivity contribution is 5.92. The van der Waals surface area contributed by atoms with Crippen molar-refractivity contribution in [3.05, 3.63) is 48.0 Å². The predicted molar refractivity (Wildman–Crippen MR) is 120 cm³/mol. The Morgan fingerprint density at radius 2 is 1.81 bits per heavy atom. The van der Waals surface area contributed by atoms with Crippen LogP contribution in [0.3, 0.4) is 0 Å². The maximum Gasteiger partial charge on any atom is 0.252 e. The van der Waals surface area contributed by atoms with Gasteiger partial charge in [0.05, 0.1) is 17.5 Å². The van der Waals surface area contributed by atoms with Gasteiger partial charge in [0.25, 0.3) is 5.91 Å². The molecule has 1 atom stereocenters. The molecule has 1 fully saturated rings. The summed E-state index contributed by atoms with van der Waals surface area (Å²) in [5.74, 6) is 0.0272. The summed E-state index contributed by atoms with van der Waals surface area (Å²) in [5.41, 5.74) is 7.45. The molecule has 0 radical (unpaired) electrons. The molecular formula is C23H25N5O4. The van der Waals surface area contributed by atoms with Gasteiger partial charge in [0.1, 0.15) is 17.7 Å². The van der Waals surface area contributed by atoms with Crippen LogP contribution in [0.25, 0.3) is 22.3 Å². The number of aliphatic hydroxyl groups excluding tert-OH is 1. The van der Waals surface area contributed by atoms with E-state index in [4.69, 9.17) is 10.7 Å². The predicted octanol–water partition coefficient (Wildman–Crippen LogP) is 1.20. The SMILES string of the molecule is Cc1ccc2c(N3CCN(C(=O)C(O)CC(N)=O)CC3)nc(-c3ccccc3O)nc2c1. The molecule has 1 aliphatic heterocycles. The molecule has 9 nitrogen and oxygen atoms in total. The molecule has 0 bridgehead atoms. The van der Waals surface area contributed by atoms with Gasteiger partial charge in [-0.1, -0.05) is 18.2 Å². The molecule has 1 unspecified atom stereocenters. The van der Waals surface area contributed by atoms with E-state index in [0.29, 0.717) is 37.6 Å². The maximum absolute atomic E-state index is 12.4. The molecule has 2 aromatic carbocycles. The lowest BCUT2D eigenvalue weighted by atomic mass is 10.1. The van der Waals surface area contributed by atoms with Crippen LogP contribution < -0.4 is 10.6 Å². The molecule has 1 aliphatic rings. The Balaban J connectivity index is 1.64. The van der Waals surface area contributed by atoms with E-state index in [1.807, 2.05) is 31.2 Å². The minimum absolute atomic E-state index is 0.101. The number of aryl methyl sites for hydroxylation is 1. The highest BCUT2D eigenvalue weighted by atomic mass is 16.3. The number of benzene rings is 2. The van der Waals surface area contributed by atoms with Crippen LogP contribution in [-0.2, 0) is 9.59 Å².